The molecule has 4 rings (SSSR count). The number of aromatic nitrogens is 3. The van der Waals surface area contributed by atoms with Crippen molar-refractivity contribution in [3.63, 3.8) is 0 Å². The van der Waals surface area contributed by atoms with E-state index in [1.165, 1.54) is 0 Å². The SMILES string of the molecule is CCN(Cc1ccccc1)C(=O)c1nc(-c2ccn(C)c2)n2ccccc12. The molecule has 5 nitrogen and oxygen atoms in total. The summed E-state index contributed by atoms with van der Waals surface area (Å²) in [5, 5.41) is 0. The van der Waals surface area contributed by atoms with Crippen molar-refractivity contribution >= 4 is 11.4 Å². The van der Waals surface area contributed by atoms with Gasteiger partial charge < -0.3 is 9.47 Å². The molecule has 136 valence electrons. The zero-order chi connectivity index (χ0) is 18.8. The molecular formula is C22H22N4O. The van der Waals surface area contributed by atoms with Crippen LogP contribution in [0.3, 0.4) is 0 Å². The number of aryl methyl sites for hydroxylation is 1. The lowest BCUT2D eigenvalue weighted by Gasteiger charge is -2.20. The number of imidazole rings is 1. The van der Waals surface area contributed by atoms with Gasteiger partial charge in [-0.25, -0.2) is 4.98 Å². The van der Waals surface area contributed by atoms with E-state index in [4.69, 9.17) is 4.98 Å². The summed E-state index contributed by atoms with van der Waals surface area (Å²) in [5.41, 5.74) is 3.42. The fraction of sp³-hybridized carbons (Fsp3) is 0.182. The Kier molecular flexibility index (Phi) is 4.50. The Morgan fingerprint density at radius 1 is 1.04 bits per heavy atom. The Morgan fingerprint density at radius 3 is 2.52 bits per heavy atom. The molecule has 0 unspecified atom stereocenters. The van der Waals surface area contributed by atoms with E-state index in [0.29, 0.717) is 18.8 Å². The summed E-state index contributed by atoms with van der Waals surface area (Å²) in [7, 11) is 1.98. The van der Waals surface area contributed by atoms with Crippen LogP contribution in [-0.2, 0) is 13.6 Å². The first kappa shape index (κ1) is 17.1. The van der Waals surface area contributed by atoms with Crippen LogP contribution >= 0.6 is 0 Å². The zero-order valence-electron chi connectivity index (χ0n) is 15.5. The van der Waals surface area contributed by atoms with Crippen molar-refractivity contribution in [2.75, 3.05) is 6.54 Å². The molecule has 4 aromatic rings. The van der Waals surface area contributed by atoms with E-state index in [9.17, 15) is 4.79 Å². The molecule has 3 aromatic heterocycles. The lowest BCUT2D eigenvalue weighted by atomic mass is 10.2. The summed E-state index contributed by atoms with van der Waals surface area (Å²) in [5.74, 6) is 0.734. The average molecular weight is 358 g/mol. The molecule has 0 N–H and O–H groups in total. The molecule has 0 aliphatic heterocycles. The largest absolute Gasteiger partial charge is 0.357 e. The van der Waals surface area contributed by atoms with Crippen molar-refractivity contribution in [1.82, 2.24) is 18.9 Å². The first-order chi connectivity index (χ1) is 13.2. The van der Waals surface area contributed by atoms with Crippen molar-refractivity contribution in [3.05, 3.63) is 84.4 Å². The first-order valence-electron chi connectivity index (χ1n) is 9.10. The van der Waals surface area contributed by atoms with E-state index < -0.39 is 0 Å². The third-order valence-corrected chi connectivity index (χ3v) is 4.73. The van der Waals surface area contributed by atoms with Gasteiger partial charge in [0, 0.05) is 44.3 Å². The molecule has 1 amide bonds. The maximum absolute atomic E-state index is 13.3. The third-order valence-electron chi connectivity index (χ3n) is 4.73. The minimum Gasteiger partial charge on any atom is -0.357 e. The average Bonchev–Trinajstić information content (AvgIpc) is 3.30. The summed E-state index contributed by atoms with van der Waals surface area (Å²) >= 11 is 0. The van der Waals surface area contributed by atoms with Gasteiger partial charge in [-0.1, -0.05) is 36.4 Å². The molecule has 0 saturated carbocycles. The number of carbonyl (C=O) groups excluding carboxylic acids is 1. The van der Waals surface area contributed by atoms with Gasteiger partial charge in [0.25, 0.3) is 5.91 Å². The molecule has 27 heavy (non-hydrogen) atoms. The molecule has 0 aliphatic carbocycles. The van der Waals surface area contributed by atoms with E-state index in [1.807, 2.05) is 101 Å². The van der Waals surface area contributed by atoms with Gasteiger partial charge in [-0.15, -0.1) is 0 Å². The minimum absolute atomic E-state index is 0.0489. The van der Waals surface area contributed by atoms with Gasteiger partial charge in [0.2, 0.25) is 0 Å². The Labute approximate surface area is 158 Å². The van der Waals surface area contributed by atoms with Crippen LogP contribution in [0.1, 0.15) is 23.0 Å². The number of hydrogen-bond donors (Lipinski definition) is 0. The lowest BCUT2D eigenvalue weighted by molar-refractivity contribution is 0.0749. The molecule has 1 aromatic carbocycles. The summed E-state index contributed by atoms with van der Waals surface area (Å²) in [4.78, 5) is 19.9. The van der Waals surface area contributed by atoms with Gasteiger partial charge in [0.05, 0.1) is 5.52 Å². The molecule has 0 saturated heterocycles. The van der Waals surface area contributed by atoms with Gasteiger partial charge in [-0.2, -0.15) is 0 Å². The topological polar surface area (TPSA) is 42.5 Å². The number of carbonyl (C=O) groups is 1. The van der Waals surface area contributed by atoms with E-state index >= 15 is 0 Å². The summed E-state index contributed by atoms with van der Waals surface area (Å²) in [6.07, 6.45) is 5.95. The standard InChI is InChI=1S/C22H22N4O/c1-3-25(15-17-9-5-4-6-10-17)22(27)20-19-11-7-8-13-26(19)21(23-20)18-12-14-24(2)16-18/h4-14,16H,3,15H2,1-2H3. The lowest BCUT2D eigenvalue weighted by Crippen LogP contribution is -2.30. The van der Waals surface area contributed by atoms with Crippen molar-refractivity contribution in [3.8, 4) is 11.4 Å². The number of pyridine rings is 1. The zero-order valence-corrected chi connectivity index (χ0v) is 15.5. The van der Waals surface area contributed by atoms with Gasteiger partial charge in [-0.05, 0) is 30.7 Å². The Morgan fingerprint density at radius 2 is 1.81 bits per heavy atom. The van der Waals surface area contributed by atoms with E-state index in [2.05, 4.69) is 0 Å². The highest BCUT2D eigenvalue weighted by Crippen LogP contribution is 2.24. The first-order valence-corrected chi connectivity index (χ1v) is 9.10. The fourth-order valence-electron chi connectivity index (χ4n) is 3.32. The number of amides is 1. The van der Waals surface area contributed by atoms with Crippen LogP contribution in [0.25, 0.3) is 16.9 Å². The molecule has 0 radical (unpaired) electrons. The summed E-state index contributed by atoms with van der Waals surface area (Å²) in [6.45, 7) is 3.19. The molecule has 3 heterocycles. The summed E-state index contributed by atoms with van der Waals surface area (Å²) < 4.78 is 3.97. The quantitative estimate of drug-likeness (QED) is 0.541. The van der Waals surface area contributed by atoms with Crippen LogP contribution in [-0.4, -0.2) is 31.3 Å². The van der Waals surface area contributed by atoms with Crippen molar-refractivity contribution < 1.29 is 4.79 Å². The molecule has 0 bridgehead atoms. The van der Waals surface area contributed by atoms with Gasteiger partial charge in [-0.3, -0.25) is 9.20 Å². The van der Waals surface area contributed by atoms with Crippen LogP contribution in [0.15, 0.2) is 73.2 Å². The highest BCUT2D eigenvalue weighted by molar-refractivity contribution is 6.00. The number of benzene rings is 1. The molecule has 0 aliphatic rings. The molecule has 0 fully saturated rings. The Hall–Kier alpha value is -3.34. The van der Waals surface area contributed by atoms with Crippen molar-refractivity contribution in [2.45, 2.75) is 13.5 Å². The number of rotatable bonds is 5. The predicted octanol–water partition coefficient (Wildman–Crippen LogP) is 4.00. The van der Waals surface area contributed by atoms with Gasteiger partial charge in [0.1, 0.15) is 5.82 Å². The number of fused-ring (bicyclic) bond motifs is 1. The smallest absolute Gasteiger partial charge is 0.275 e. The van der Waals surface area contributed by atoms with E-state index in [0.717, 1.165) is 22.5 Å². The van der Waals surface area contributed by atoms with Crippen molar-refractivity contribution in [2.24, 2.45) is 7.05 Å². The second-order valence-electron chi connectivity index (χ2n) is 6.61. The van der Waals surface area contributed by atoms with Gasteiger partial charge in [0.15, 0.2) is 5.69 Å². The van der Waals surface area contributed by atoms with Crippen LogP contribution in [0.5, 0.6) is 0 Å². The van der Waals surface area contributed by atoms with Crippen LogP contribution < -0.4 is 0 Å². The number of hydrogen-bond acceptors (Lipinski definition) is 2. The number of nitrogens with zero attached hydrogens (tertiary/aromatic N) is 4. The van der Waals surface area contributed by atoms with E-state index in [-0.39, 0.29) is 5.91 Å². The predicted molar refractivity (Wildman–Crippen MR) is 106 cm³/mol. The third kappa shape index (κ3) is 3.24. The van der Waals surface area contributed by atoms with Gasteiger partial charge >= 0.3 is 0 Å². The fourth-order valence-corrected chi connectivity index (χ4v) is 3.32. The van der Waals surface area contributed by atoms with Crippen molar-refractivity contribution in [1.29, 1.82) is 0 Å². The molecule has 0 spiro atoms. The second kappa shape index (κ2) is 7.11. The summed E-state index contributed by atoms with van der Waals surface area (Å²) in [6, 6.07) is 17.9. The maximum Gasteiger partial charge on any atom is 0.275 e. The van der Waals surface area contributed by atoms with E-state index in [1.54, 1.807) is 0 Å². The highest BCUT2D eigenvalue weighted by atomic mass is 16.2. The molecular weight excluding hydrogens is 336 g/mol. The van der Waals surface area contributed by atoms with Crippen LogP contribution in [0.2, 0.25) is 0 Å². The second-order valence-corrected chi connectivity index (χ2v) is 6.61. The Balaban J connectivity index is 1.75. The minimum atomic E-state index is -0.0489. The monoisotopic (exact) mass is 358 g/mol. The highest BCUT2D eigenvalue weighted by Gasteiger charge is 2.22. The van der Waals surface area contributed by atoms with Crippen LogP contribution in [0.4, 0.5) is 0 Å². The Bertz CT molecular complexity index is 1080. The maximum atomic E-state index is 13.3. The normalized spacial score (nSPS) is 11.0. The molecule has 5 heteroatoms. The molecule has 0 atom stereocenters. The van der Waals surface area contributed by atoms with Crippen LogP contribution in [0, 0.1) is 0 Å².